The molecule has 1 aliphatic heterocycles. The quantitative estimate of drug-likeness (QED) is 0.531. The molecule has 0 saturated carbocycles. The van der Waals surface area contributed by atoms with E-state index in [1.807, 2.05) is 0 Å². The first kappa shape index (κ1) is 19.2. The normalized spacial score (nSPS) is 19.3. The van der Waals surface area contributed by atoms with Gasteiger partial charge in [-0.15, -0.1) is 11.5 Å². The Kier molecular flexibility index (Phi) is 6.00. The van der Waals surface area contributed by atoms with Crippen molar-refractivity contribution in [2.24, 2.45) is 0 Å². The molecule has 0 aliphatic carbocycles. The van der Waals surface area contributed by atoms with Crippen molar-refractivity contribution in [2.75, 3.05) is 0 Å². The number of carboxylic acid groups (broad SMARTS) is 1. The van der Waals surface area contributed by atoms with Crippen LogP contribution in [0.4, 0.5) is 0 Å². The van der Waals surface area contributed by atoms with Crippen LogP contribution in [0.2, 0.25) is 18.1 Å². The average Bonchev–Trinajstić information content (AvgIpc) is 2.82. The molecule has 0 radical (unpaired) electrons. The Bertz CT molecular complexity index is 555. The van der Waals surface area contributed by atoms with E-state index in [1.165, 1.54) is 0 Å². The van der Waals surface area contributed by atoms with Crippen molar-refractivity contribution < 1.29 is 19.5 Å². The van der Waals surface area contributed by atoms with Gasteiger partial charge in [-0.1, -0.05) is 33.9 Å². The van der Waals surface area contributed by atoms with Gasteiger partial charge < -0.3 is 15.7 Å². The second-order valence-corrected chi connectivity index (χ2v) is 12.4. The highest BCUT2D eigenvalue weighted by Crippen LogP contribution is 2.35. The average molecular weight is 338 g/mol. The summed E-state index contributed by atoms with van der Waals surface area (Å²) in [7, 11) is -1.80. The van der Waals surface area contributed by atoms with Crippen LogP contribution in [-0.2, 0) is 14.4 Å². The van der Waals surface area contributed by atoms with Crippen molar-refractivity contribution >= 4 is 25.9 Å². The van der Waals surface area contributed by atoms with Gasteiger partial charge >= 0.3 is 5.97 Å². The molecule has 23 heavy (non-hydrogen) atoms. The summed E-state index contributed by atoms with van der Waals surface area (Å²) in [4.78, 5) is 34.4. The zero-order valence-corrected chi connectivity index (χ0v) is 15.4. The van der Waals surface area contributed by atoms with Crippen LogP contribution in [-0.4, -0.2) is 43.0 Å². The van der Waals surface area contributed by atoms with Crippen LogP contribution in [0.5, 0.6) is 0 Å². The molecular weight excluding hydrogens is 312 g/mol. The summed E-state index contributed by atoms with van der Waals surface area (Å²) in [6.07, 6.45) is 0.752. The second-order valence-electron chi connectivity index (χ2n) is 7.44. The fourth-order valence-corrected chi connectivity index (χ4v) is 2.76. The first-order valence-corrected chi connectivity index (χ1v) is 10.8. The zero-order valence-electron chi connectivity index (χ0n) is 14.4. The number of aliphatic carboxylic acids is 1. The third kappa shape index (κ3) is 5.39. The maximum Gasteiger partial charge on any atom is 0.327 e. The summed E-state index contributed by atoms with van der Waals surface area (Å²) in [5.41, 5.74) is 3.24. The van der Waals surface area contributed by atoms with Gasteiger partial charge in [-0.05, 0) is 11.5 Å². The first-order chi connectivity index (χ1) is 10.4. The predicted octanol–water partition coefficient (Wildman–Crippen LogP) is 1.28. The van der Waals surface area contributed by atoms with Gasteiger partial charge in [0.05, 0.1) is 0 Å². The van der Waals surface area contributed by atoms with Gasteiger partial charge in [0.1, 0.15) is 20.2 Å². The first-order valence-electron chi connectivity index (χ1n) is 7.76. The number of carbonyl (C=O) groups is 3. The Hall–Kier alpha value is -1.81. The number of carboxylic acids is 1. The minimum atomic E-state index is -1.80. The Morgan fingerprint density at radius 1 is 1.43 bits per heavy atom. The smallest absolute Gasteiger partial charge is 0.327 e. The number of carbonyl (C=O) groups excluding carboxylic acids is 2. The Morgan fingerprint density at radius 3 is 2.48 bits per heavy atom. The minimum Gasteiger partial charge on any atom is -0.480 e. The number of amides is 2. The van der Waals surface area contributed by atoms with E-state index in [0.29, 0.717) is 12.8 Å². The van der Waals surface area contributed by atoms with Crippen molar-refractivity contribution in [3.8, 4) is 11.5 Å². The van der Waals surface area contributed by atoms with E-state index in [1.54, 1.807) is 0 Å². The number of hydrogen-bond acceptors (Lipinski definition) is 3. The Morgan fingerprint density at radius 2 is 2.04 bits per heavy atom. The second kappa shape index (κ2) is 7.17. The standard InChI is InChI=1S/C16H26N2O4Si/c1-16(2,3)23(4,5)10-6-7-12(15(21)22)18-14(20)11-8-9-13(19)17-11/h11-12H,7-9H2,1-5H3,(H,17,19)(H,18,20)(H,21,22)/t11-,12-/m0/s1. The van der Waals surface area contributed by atoms with Gasteiger partial charge in [-0.2, -0.15) is 0 Å². The van der Waals surface area contributed by atoms with Gasteiger partial charge in [-0.3, -0.25) is 9.59 Å². The van der Waals surface area contributed by atoms with E-state index in [2.05, 4.69) is 56.0 Å². The molecule has 1 heterocycles. The van der Waals surface area contributed by atoms with Crippen molar-refractivity contribution in [1.82, 2.24) is 10.6 Å². The molecule has 128 valence electrons. The van der Waals surface area contributed by atoms with Crippen LogP contribution < -0.4 is 10.6 Å². The third-order valence-corrected chi connectivity index (χ3v) is 9.06. The molecule has 6 nitrogen and oxygen atoms in total. The number of hydrogen-bond donors (Lipinski definition) is 3. The van der Waals surface area contributed by atoms with Gasteiger partial charge in [0.15, 0.2) is 0 Å². The molecule has 2 atom stereocenters. The summed E-state index contributed by atoms with van der Waals surface area (Å²) in [6, 6.07) is -1.70. The topological polar surface area (TPSA) is 95.5 Å². The van der Waals surface area contributed by atoms with Crippen molar-refractivity contribution in [3.05, 3.63) is 0 Å². The molecule has 0 spiro atoms. The van der Waals surface area contributed by atoms with Crippen molar-refractivity contribution in [2.45, 2.75) is 70.2 Å². The molecule has 1 fully saturated rings. The van der Waals surface area contributed by atoms with Crippen LogP contribution in [0.25, 0.3) is 0 Å². The molecule has 0 aromatic heterocycles. The van der Waals surface area contributed by atoms with E-state index in [4.69, 9.17) is 0 Å². The maximum atomic E-state index is 12.0. The van der Waals surface area contributed by atoms with E-state index in [0.717, 1.165) is 0 Å². The van der Waals surface area contributed by atoms with Gasteiger partial charge in [0.25, 0.3) is 0 Å². The van der Waals surface area contributed by atoms with Crippen LogP contribution in [0.1, 0.15) is 40.0 Å². The van der Waals surface area contributed by atoms with E-state index in [9.17, 15) is 19.5 Å². The summed E-state index contributed by atoms with van der Waals surface area (Å²) < 4.78 is 0. The molecule has 3 N–H and O–H groups in total. The SMILES string of the molecule is CC(C)(C)[Si](C)(C)C#CC[C@H](NC(=O)[C@@H]1CCC(=O)N1)C(=O)O. The molecule has 2 amide bonds. The third-order valence-electron chi connectivity index (χ3n) is 4.51. The monoisotopic (exact) mass is 338 g/mol. The van der Waals surface area contributed by atoms with Gasteiger partial charge in [0.2, 0.25) is 11.8 Å². The lowest BCUT2D eigenvalue weighted by atomic mass is 10.1. The van der Waals surface area contributed by atoms with E-state index in [-0.39, 0.29) is 17.4 Å². The summed E-state index contributed by atoms with van der Waals surface area (Å²) in [5, 5.41) is 14.3. The maximum absolute atomic E-state index is 12.0. The lowest BCUT2D eigenvalue weighted by Crippen LogP contribution is -2.48. The van der Waals surface area contributed by atoms with Crippen LogP contribution >= 0.6 is 0 Å². The Labute approximate surface area is 138 Å². The van der Waals surface area contributed by atoms with Crippen molar-refractivity contribution in [3.63, 3.8) is 0 Å². The lowest BCUT2D eigenvalue weighted by molar-refractivity contribution is -0.141. The fourth-order valence-electron chi connectivity index (χ4n) is 1.84. The predicted molar refractivity (Wildman–Crippen MR) is 90.3 cm³/mol. The zero-order chi connectivity index (χ0) is 17.8. The summed E-state index contributed by atoms with van der Waals surface area (Å²) in [5.74, 6) is 1.18. The summed E-state index contributed by atoms with van der Waals surface area (Å²) >= 11 is 0. The van der Waals surface area contributed by atoms with E-state index < -0.39 is 32.0 Å². The highest BCUT2D eigenvalue weighted by molar-refractivity contribution is 6.87. The Balaban J connectivity index is 2.69. The fraction of sp³-hybridized carbons (Fsp3) is 0.688. The number of nitrogens with one attached hydrogen (secondary N) is 2. The minimum absolute atomic E-state index is 0.0637. The van der Waals surface area contributed by atoms with Gasteiger partial charge in [-0.25, -0.2) is 4.79 Å². The van der Waals surface area contributed by atoms with Crippen molar-refractivity contribution in [1.29, 1.82) is 0 Å². The molecule has 0 aromatic carbocycles. The largest absolute Gasteiger partial charge is 0.480 e. The van der Waals surface area contributed by atoms with Gasteiger partial charge in [0, 0.05) is 12.8 Å². The molecule has 1 rings (SSSR count). The molecule has 7 heteroatoms. The number of rotatable bonds is 4. The molecule has 0 unspecified atom stereocenters. The lowest BCUT2D eigenvalue weighted by Gasteiger charge is -2.31. The van der Waals surface area contributed by atoms with Crippen LogP contribution in [0.3, 0.4) is 0 Å². The molecule has 0 bridgehead atoms. The van der Waals surface area contributed by atoms with Crippen LogP contribution in [0, 0.1) is 11.5 Å². The molecule has 1 aliphatic rings. The summed E-state index contributed by atoms with van der Waals surface area (Å²) in [6.45, 7) is 10.7. The highest BCUT2D eigenvalue weighted by atomic mass is 28.3. The molecule has 0 aromatic rings. The highest BCUT2D eigenvalue weighted by Gasteiger charge is 2.34. The van der Waals surface area contributed by atoms with E-state index >= 15 is 0 Å². The molecule has 1 saturated heterocycles. The van der Waals surface area contributed by atoms with Crippen LogP contribution in [0.15, 0.2) is 0 Å². The molecular formula is C16H26N2O4Si.